The standard InChI is InChI=1S/C14H13Br2NO3S/c1-9-3-5-13(20-2)12(7-9)17-21(18,19)14-6-4-10(15)8-11(14)16/h3-8,17H,1-2H3. The number of hydrogen-bond donors (Lipinski definition) is 1. The average molecular weight is 435 g/mol. The van der Waals surface area contributed by atoms with Gasteiger partial charge in [-0.05, 0) is 58.7 Å². The van der Waals surface area contributed by atoms with Crippen LogP contribution in [0.2, 0.25) is 0 Å². The number of nitrogens with one attached hydrogen (secondary N) is 1. The van der Waals surface area contributed by atoms with Crippen LogP contribution in [0.1, 0.15) is 5.56 Å². The van der Waals surface area contributed by atoms with Crippen molar-refractivity contribution in [3.8, 4) is 5.75 Å². The molecule has 1 N–H and O–H groups in total. The van der Waals surface area contributed by atoms with Crippen molar-refractivity contribution in [1.82, 2.24) is 0 Å². The Morgan fingerprint density at radius 3 is 2.43 bits per heavy atom. The van der Waals surface area contributed by atoms with Crippen molar-refractivity contribution >= 4 is 47.6 Å². The summed E-state index contributed by atoms with van der Waals surface area (Å²) in [6.45, 7) is 1.88. The molecule has 0 bridgehead atoms. The Labute approximate surface area is 140 Å². The van der Waals surface area contributed by atoms with Crippen LogP contribution in [0.25, 0.3) is 0 Å². The van der Waals surface area contributed by atoms with Gasteiger partial charge >= 0.3 is 0 Å². The second-order valence-corrected chi connectivity index (χ2v) is 7.80. The molecule has 0 aromatic heterocycles. The lowest BCUT2D eigenvalue weighted by molar-refractivity contribution is 0.417. The third-order valence-electron chi connectivity index (χ3n) is 2.78. The van der Waals surface area contributed by atoms with Crippen molar-refractivity contribution in [2.24, 2.45) is 0 Å². The summed E-state index contributed by atoms with van der Waals surface area (Å²) in [6, 6.07) is 10.2. The van der Waals surface area contributed by atoms with Gasteiger partial charge < -0.3 is 4.74 Å². The third-order valence-corrected chi connectivity index (χ3v) is 5.62. The number of aryl methyl sites for hydroxylation is 1. The zero-order valence-corrected chi connectivity index (χ0v) is 15.3. The first kappa shape index (κ1) is 16.3. The SMILES string of the molecule is COc1ccc(C)cc1NS(=O)(=O)c1ccc(Br)cc1Br. The Bertz CT molecular complexity index is 776. The Hall–Kier alpha value is -1.05. The zero-order chi connectivity index (χ0) is 15.6. The lowest BCUT2D eigenvalue weighted by Crippen LogP contribution is -2.14. The monoisotopic (exact) mass is 433 g/mol. The van der Waals surface area contributed by atoms with Crippen molar-refractivity contribution in [2.75, 3.05) is 11.8 Å². The largest absolute Gasteiger partial charge is 0.495 e. The molecule has 0 unspecified atom stereocenters. The van der Waals surface area contributed by atoms with Gasteiger partial charge in [0.05, 0.1) is 12.8 Å². The fraction of sp³-hybridized carbons (Fsp3) is 0.143. The highest BCUT2D eigenvalue weighted by molar-refractivity contribution is 9.11. The summed E-state index contributed by atoms with van der Waals surface area (Å²) in [5.74, 6) is 0.470. The minimum absolute atomic E-state index is 0.161. The van der Waals surface area contributed by atoms with Gasteiger partial charge in [0.25, 0.3) is 10.0 Å². The zero-order valence-electron chi connectivity index (χ0n) is 11.4. The van der Waals surface area contributed by atoms with Gasteiger partial charge in [0, 0.05) is 8.95 Å². The smallest absolute Gasteiger partial charge is 0.263 e. The highest BCUT2D eigenvalue weighted by Gasteiger charge is 2.19. The molecule has 0 aliphatic heterocycles. The van der Waals surface area contributed by atoms with Crippen molar-refractivity contribution in [3.05, 3.63) is 50.9 Å². The minimum Gasteiger partial charge on any atom is -0.495 e. The van der Waals surface area contributed by atoms with E-state index in [0.717, 1.165) is 10.0 Å². The molecule has 112 valence electrons. The van der Waals surface area contributed by atoms with Gasteiger partial charge in [0.2, 0.25) is 0 Å². The quantitative estimate of drug-likeness (QED) is 0.778. The summed E-state index contributed by atoms with van der Waals surface area (Å²) in [7, 11) is -2.21. The maximum atomic E-state index is 12.5. The predicted molar refractivity (Wildman–Crippen MR) is 90.4 cm³/mol. The molecule has 2 aromatic carbocycles. The molecule has 0 fully saturated rings. The molecule has 0 aliphatic rings. The van der Waals surface area contributed by atoms with Crippen LogP contribution in [-0.4, -0.2) is 15.5 Å². The number of hydrogen-bond acceptors (Lipinski definition) is 3. The number of benzene rings is 2. The molecule has 0 saturated carbocycles. The molecule has 2 rings (SSSR count). The number of anilines is 1. The van der Waals surface area contributed by atoms with E-state index < -0.39 is 10.0 Å². The normalized spacial score (nSPS) is 11.2. The molecular formula is C14H13Br2NO3S. The number of rotatable bonds is 4. The first-order chi connectivity index (χ1) is 9.83. The van der Waals surface area contributed by atoms with Gasteiger partial charge in [-0.3, -0.25) is 4.72 Å². The Morgan fingerprint density at radius 2 is 1.81 bits per heavy atom. The summed E-state index contributed by atoms with van der Waals surface area (Å²) in [5.41, 5.74) is 1.34. The second-order valence-electron chi connectivity index (χ2n) is 4.38. The fourth-order valence-electron chi connectivity index (χ4n) is 1.79. The summed E-state index contributed by atoms with van der Waals surface area (Å²) in [5, 5.41) is 0. The Kier molecular flexibility index (Phi) is 4.95. The molecule has 0 amide bonds. The van der Waals surface area contributed by atoms with Crippen LogP contribution in [0.3, 0.4) is 0 Å². The number of halogens is 2. The Morgan fingerprint density at radius 1 is 1.10 bits per heavy atom. The lowest BCUT2D eigenvalue weighted by atomic mass is 10.2. The Balaban J connectivity index is 2.44. The van der Waals surface area contributed by atoms with Gasteiger partial charge in [-0.15, -0.1) is 0 Å². The average Bonchev–Trinajstić information content (AvgIpc) is 2.37. The van der Waals surface area contributed by atoms with E-state index in [1.165, 1.54) is 13.2 Å². The fourth-order valence-corrected chi connectivity index (χ4v) is 4.60. The van der Waals surface area contributed by atoms with E-state index in [9.17, 15) is 8.42 Å². The van der Waals surface area contributed by atoms with Crippen molar-refractivity contribution in [1.29, 1.82) is 0 Å². The van der Waals surface area contributed by atoms with E-state index in [0.29, 0.717) is 15.9 Å². The topological polar surface area (TPSA) is 55.4 Å². The van der Waals surface area contributed by atoms with Gasteiger partial charge in [-0.25, -0.2) is 8.42 Å². The van der Waals surface area contributed by atoms with E-state index in [1.54, 1.807) is 24.3 Å². The molecule has 0 radical (unpaired) electrons. The summed E-state index contributed by atoms with van der Waals surface area (Å²) in [6.07, 6.45) is 0. The highest BCUT2D eigenvalue weighted by Crippen LogP contribution is 2.31. The van der Waals surface area contributed by atoms with Crippen LogP contribution < -0.4 is 9.46 Å². The highest BCUT2D eigenvalue weighted by atomic mass is 79.9. The van der Waals surface area contributed by atoms with E-state index in [1.807, 2.05) is 13.0 Å². The summed E-state index contributed by atoms with van der Waals surface area (Å²) >= 11 is 6.56. The molecule has 0 heterocycles. The van der Waals surface area contributed by atoms with Crippen LogP contribution in [0.15, 0.2) is 50.2 Å². The van der Waals surface area contributed by atoms with Gasteiger partial charge in [0.1, 0.15) is 10.6 Å². The maximum Gasteiger partial charge on any atom is 0.263 e. The lowest BCUT2D eigenvalue weighted by Gasteiger charge is -2.13. The van der Waals surface area contributed by atoms with Crippen molar-refractivity contribution in [2.45, 2.75) is 11.8 Å². The van der Waals surface area contributed by atoms with Crippen LogP contribution >= 0.6 is 31.9 Å². The minimum atomic E-state index is -3.71. The van der Waals surface area contributed by atoms with Crippen LogP contribution in [0.5, 0.6) is 5.75 Å². The van der Waals surface area contributed by atoms with E-state index >= 15 is 0 Å². The van der Waals surface area contributed by atoms with Crippen LogP contribution in [0.4, 0.5) is 5.69 Å². The molecule has 4 nitrogen and oxygen atoms in total. The van der Waals surface area contributed by atoms with E-state index in [-0.39, 0.29) is 4.90 Å². The molecule has 7 heteroatoms. The molecule has 2 aromatic rings. The summed E-state index contributed by atoms with van der Waals surface area (Å²) < 4.78 is 34.0. The van der Waals surface area contributed by atoms with Gasteiger partial charge in [-0.2, -0.15) is 0 Å². The first-order valence-electron chi connectivity index (χ1n) is 5.96. The van der Waals surface area contributed by atoms with Crippen molar-refractivity contribution < 1.29 is 13.2 Å². The maximum absolute atomic E-state index is 12.5. The van der Waals surface area contributed by atoms with Crippen molar-refractivity contribution in [3.63, 3.8) is 0 Å². The summed E-state index contributed by atoms with van der Waals surface area (Å²) in [4.78, 5) is 0.161. The molecule has 0 spiro atoms. The van der Waals surface area contributed by atoms with Crippen LogP contribution in [0, 0.1) is 6.92 Å². The number of methoxy groups -OCH3 is 1. The molecule has 0 atom stereocenters. The third kappa shape index (κ3) is 3.78. The van der Waals surface area contributed by atoms with E-state index in [2.05, 4.69) is 36.6 Å². The number of ether oxygens (including phenoxy) is 1. The van der Waals surface area contributed by atoms with Gasteiger partial charge in [0.15, 0.2) is 0 Å². The molecular weight excluding hydrogens is 422 g/mol. The van der Waals surface area contributed by atoms with E-state index in [4.69, 9.17) is 4.74 Å². The first-order valence-corrected chi connectivity index (χ1v) is 9.03. The number of sulfonamides is 1. The van der Waals surface area contributed by atoms with Gasteiger partial charge in [-0.1, -0.05) is 22.0 Å². The van der Waals surface area contributed by atoms with Crippen LogP contribution in [-0.2, 0) is 10.0 Å². The predicted octanol–water partition coefficient (Wildman–Crippen LogP) is 4.33. The second kappa shape index (κ2) is 6.37. The molecule has 21 heavy (non-hydrogen) atoms. The molecule has 0 aliphatic carbocycles. The molecule has 0 saturated heterocycles.